The second-order valence-corrected chi connectivity index (χ2v) is 5.54. The Kier molecular flexibility index (Phi) is 2.81. The average molecular weight is 271 g/mol. The van der Waals surface area contributed by atoms with Gasteiger partial charge in [0.1, 0.15) is 13.0 Å². The van der Waals surface area contributed by atoms with Crippen molar-refractivity contribution < 1.29 is 19.5 Å². The van der Waals surface area contributed by atoms with Crippen molar-refractivity contribution in [3.63, 3.8) is 0 Å². The third kappa shape index (κ3) is 1.95. The number of primary amides is 1. The van der Waals surface area contributed by atoms with E-state index in [4.69, 9.17) is 5.73 Å². The fourth-order valence-corrected chi connectivity index (χ4v) is 3.33. The summed E-state index contributed by atoms with van der Waals surface area (Å²) in [4.78, 5) is 33.7. The minimum atomic E-state index is -1.57. The topological polar surface area (TPSA) is 134 Å². The number of nitro groups is 2. The monoisotopic (exact) mass is 271 g/mol. The number of nitrogens with two attached hydrogens (primary N) is 1. The lowest BCUT2D eigenvalue weighted by molar-refractivity contribution is -0.926. The van der Waals surface area contributed by atoms with E-state index in [2.05, 4.69) is 0 Å². The first-order valence-electron chi connectivity index (χ1n) is 5.83. The van der Waals surface area contributed by atoms with Gasteiger partial charge < -0.3 is 10.6 Å². The van der Waals surface area contributed by atoms with E-state index in [1.165, 1.54) is 6.08 Å². The Morgan fingerprint density at radius 2 is 2.00 bits per heavy atom. The summed E-state index contributed by atoms with van der Waals surface area (Å²) < 4.78 is 0. The van der Waals surface area contributed by atoms with Crippen molar-refractivity contribution in [2.24, 2.45) is 5.73 Å². The van der Waals surface area contributed by atoms with E-state index >= 15 is 0 Å². The molecule has 9 nitrogen and oxygen atoms in total. The molecule has 0 aromatic heterocycles. The van der Waals surface area contributed by atoms with Crippen molar-refractivity contribution >= 4 is 5.91 Å². The molecular formula is C10H15N4O5+. The van der Waals surface area contributed by atoms with E-state index < -0.39 is 26.8 Å². The minimum absolute atomic E-state index is 0.00727. The standard InChI is InChI=1S/C10H14N4O5/c1-12-5-9(13(16)17)2-7(8(11)15)3-10(4-9,6-12)14(18)19/h2H,3-6H2,1H3,(H2,11,15)/p+1/t9-,10+/m1/s1. The largest absolute Gasteiger partial charge is 0.366 e. The van der Waals surface area contributed by atoms with Gasteiger partial charge >= 0.3 is 0 Å². The number of likely N-dealkylation sites (N-methyl/N-ethyl adjacent to an activating group) is 1. The lowest BCUT2D eigenvalue weighted by atomic mass is 9.69. The molecule has 0 spiro atoms. The molecule has 2 bridgehead atoms. The van der Waals surface area contributed by atoms with Crippen LogP contribution < -0.4 is 10.6 Å². The third-order valence-corrected chi connectivity index (χ3v) is 3.90. The molecule has 1 aliphatic carbocycles. The molecule has 104 valence electrons. The zero-order chi connectivity index (χ0) is 14.4. The van der Waals surface area contributed by atoms with Crippen LogP contribution in [0, 0.1) is 20.2 Å². The van der Waals surface area contributed by atoms with Crippen molar-refractivity contribution in [3.8, 4) is 0 Å². The van der Waals surface area contributed by atoms with Gasteiger partial charge in [0, 0.05) is 21.5 Å². The van der Waals surface area contributed by atoms with Crippen molar-refractivity contribution in [1.29, 1.82) is 0 Å². The van der Waals surface area contributed by atoms with Gasteiger partial charge in [-0.2, -0.15) is 0 Å². The summed E-state index contributed by atoms with van der Waals surface area (Å²) in [5, 5.41) is 22.7. The van der Waals surface area contributed by atoms with E-state index in [1.54, 1.807) is 7.05 Å². The van der Waals surface area contributed by atoms with Crippen molar-refractivity contribution in [2.75, 3.05) is 20.1 Å². The molecule has 0 aromatic carbocycles. The SMILES string of the molecule is C[NH+]1C[C@@]2([N+](=O)[O-])C=C(C(N)=O)C[C@@]([N+](=O)[O-])(C1)C2. The normalized spacial score (nSPS) is 37.3. The highest BCUT2D eigenvalue weighted by molar-refractivity contribution is 5.92. The summed E-state index contributed by atoms with van der Waals surface area (Å²) in [6, 6.07) is 0. The molecule has 19 heavy (non-hydrogen) atoms. The van der Waals surface area contributed by atoms with Gasteiger partial charge in [-0.15, -0.1) is 0 Å². The number of fused-ring (bicyclic) bond motifs is 2. The Balaban J connectivity index is 2.58. The van der Waals surface area contributed by atoms with Crippen LogP contribution in [0.25, 0.3) is 0 Å². The van der Waals surface area contributed by atoms with Crippen LogP contribution in [0.2, 0.25) is 0 Å². The van der Waals surface area contributed by atoms with Crippen LogP contribution in [0.5, 0.6) is 0 Å². The summed E-state index contributed by atoms with van der Waals surface area (Å²) in [5.41, 5.74) is 2.11. The molecule has 0 radical (unpaired) electrons. The molecule has 1 unspecified atom stereocenters. The maximum Gasteiger partial charge on any atom is 0.295 e. The Labute approximate surface area is 108 Å². The van der Waals surface area contributed by atoms with E-state index in [0.717, 1.165) is 0 Å². The van der Waals surface area contributed by atoms with E-state index in [-0.39, 0.29) is 31.5 Å². The number of piperidine rings is 1. The Hall–Kier alpha value is -2.03. The molecule has 1 aliphatic heterocycles. The first kappa shape index (κ1) is 13.4. The molecule has 3 atom stereocenters. The molecule has 2 rings (SSSR count). The predicted octanol–water partition coefficient (Wildman–Crippen LogP) is -2.25. The van der Waals surface area contributed by atoms with Gasteiger partial charge in [0.2, 0.25) is 5.91 Å². The van der Waals surface area contributed by atoms with Gasteiger partial charge in [-0.1, -0.05) is 0 Å². The van der Waals surface area contributed by atoms with Crippen LogP contribution in [-0.4, -0.2) is 47.0 Å². The van der Waals surface area contributed by atoms with Crippen molar-refractivity contribution in [3.05, 3.63) is 31.9 Å². The van der Waals surface area contributed by atoms with Gasteiger partial charge in [-0.25, -0.2) is 0 Å². The summed E-state index contributed by atoms with van der Waals surface area (Å²) in [7, 11) is 1.68. The second kappa shape index (κ2) is 3.98. The minimum Gasteiger partial charge on any atom is -0.366 e. The number of amides is 1. The van der Waals surface area contributed by atoms with Gasteiger partial charge in [0.25, 0.3) is 11.1 Å². The number of hydrogen-bond acceptors (Lipinski definition) is 5. The lowest BCUT2D eigenvalue weighted by Crippen LogP contribution is -3.15. The third-order valence-electron chi connectivity index (χ3n) is 3.90. The fourth-order valence-electron chi connectivity index (χ4n) is 3.33. The number of nitrogens with one attached hydrogen (secondary N) is 1. The van der Waals surface area contributed by atoms with Crippen LogP contribution in [0.3, 0.4) is 0 Å². The van der Waals surface area contributed by atoms with E-state index in [1.807, 2.05) is 0 Å². The average Bonchev–Trinajstić information content (AvgIpc) is 2.26. The smallest absolute Gasteiger partial charge is 0.295 e. The molecule has 1 heterocycles. The maximum atomic E-state index is 11.4. The van der Waals surface area contributed by atoms with Gasteiger partial charge in [0.05, 0.1) is 13.5 Å². The molecule has 3 N–H and O–H groups in total. The molecule has 0 aromatic rings. The second-order valence-electron chi connectivity index (χ2n) is 5.54. The fraction of sp³-hybridized carbons (Fsp3) is 0.700. The number of rotatable bonds is 3. The summed E-state index contributed by atoms with van der Waals surface area (Å²) in [6.45, 7) is 0.270. The number of hydrogen-bond donors (Lipinski definition) is 2. The summed E-state index contributed by atoms with van der Waals surface area (Å²) >= 11 is 0. The molecular weight excluding hydrogens is 256 g/mol. The first-order valence-corrected chi connectivity index (χ1v) is 5.83. The molecule has 1 saturated heterocycles. The van der Waals surface area contributed by atoms with E-state index in [9.17, 15) is 25.0 Å². The van der Waals surface area contributed by atoms with Gasteiger partial charge in [-0.05, 0) is 0 Å². The maximum absolute atomic E-state index is 11.4. The lowest BCUT2D eigenvalue weighted by Gasteiger charge is -2.41. The highest BCUT2D eigenvalue weighted by atomic mass is 16.6. The van der Waals surface area contributed by atoms with Crippen molar-refractivity contribution in [1.82, 2.24) is 0 Å². The predicted molar refractivity (Wildman–Crippen MR) is 62.6 cm³/mol. The summed E-state index contributed by atoms with van der Waals surface area (Å²) in [5.74, 6) is -0.822. The molecule has 1 fully saturated rings. The van der Waals surface area contributed by atoms with Crippen LogP contribution in [-0.2, 0) is 4.79 Å². The van der Waals surface area contributed by atoms with Crippen LogP contribution >= 0.6 is 0 Å². The number of carbonyl (C=O) groups is 1. The molecule has 2 aliphatic rings. The number of quaternary nitrogens is 1. The highest BCUT2D eigenvalue weighted by Gasteiger charge is 2.66. The Morgan fingerprint density at radius 3 is 2.47 bits per heavy atom. The quantitative estimate of drug-likeness (QED) is 0.442. The highest BCUT2D eigenvalue weighted by Crippen LogP contribution is 2.39. The first-order chi connectivity index (χ1) is 8.71. The zero-order valence-electron chi connectivity index (χ0n) is 10.4. The Morgan fingerprint density at radius 1 is 1.37 bits per heavy atom. The zero-order valence-corrected chi connectivity index (χ0v) is 10.4. The van der Waals surface area contributed by atoms with Gasteiger partial charge in [0.15, 0.2) is 6.54 Å². The van der Waals surface area contributed by atoms with Crippen LogP contribution in [0.15, 0.2) is 11.6 Å². The number of likely N-dealkylation sites (tertiary alicyclic amines) is 1. The number of nitrogens with zero attached hydrogens (tertiary/aromatic N) is 2. The van der Waals surface area contributed by atoms with Crippen LogP contribution in [0.1, 0.15) is 12.8 Å². The van der Waals surface area contributed by atoms with Gasteiger partial charge in [-0.3, -0.25) is 25.0 Å². The molecule has 0 saturated carbocycles. The molecule has 1 amide bonds. The van der Waals surface area contributed by atoms with Crippen LogP contribution in [0.4, 0.5) is 0 Å². The number of carbonyl (C=O) groups excluding carboxylic acids is 1. The van der Waals surface area contributed by atoms with Crippen molar-refractivity contribution in [2.45, 2.75) is 23.9 Å². The van der Waals surface area contributed by atoms with E-state index in [0.29, 0.717) is 4.90 Å². The summed E-state index contributed by atoms with van der Waals surface area (Å²) in [6.07, 6.45) is 0.899. The molecule has 9 heteroatoms. The Bertz CT molecular complexity index is 504.